The number of carbonyl (C=O) groups excluding carboxylic acids is 1. The molecule has 15 heavy (non-hydrogen) atoms. The standard InChI is InChI=1S/C10H20N2O3/c1-3-8(13)5-12-4-7(2)15-9(6-12)10(11)14/h7-9,13H,3-6H2,1-2H3,(H2,11,14)/t7-,8?,9?/m1/s1. The minimum atomic E-state index is -0.544. The Morgan fingerprint density at radius 3 is 2.87 bits per heavy atom. The van der Waals surface area contributed by atoms with Crippen molar-refractivity contribution in [3.8, 4) is 0 Å². The van der Waals surface area contributed by atoms with Gasteiger partial charge in [-0.15, -0.1) is 0 Å². The lowest BCUT2D eigenvalue weighted by Gasteiger charge is -2.36. The van der Waals surface area contributed by atoms with Gasteiger partial charge in [-0.2, -0.15) is 0 Å². The maximum Gasteiger partial charge on any atom is 0.247 e. The number of carbonyl (C=O) groups is 1. The van der Waals surface area contributed by atoms with Gasteiger partial charge in [-0.1, -0.05) is 6.92 Å². The predicted molar refractivity (Wildman–Crippen MR) is 56.3 cm³/mol. The molecule has 3 N–H and O–H groups in total. The Bertz CT molecular complexity index is 223. The van der Waals surface area contributed by atoms with Gasteiger partial charge in [0.1, 0.15) is 6.10 Å². The highest BCUT2D eigenvalue weighted by Crippen LogP contribution is 2.11. The van der Waals surface area contributed by atoms with E-state index in [2.05, 4.69) is 0 Å². The molecule has 3 atom stereocenters. The largest absolute Gasteiger partial charge is 0.392 e. The number of primary amides is 1. The maximum absolute atomic E-state index is 11.0. The molecule has 0 radical (unpaired) electrons. The second-order valence-corrected chi connectivity index (χ2v) is 4.12. The van der Waals surface area contributed by atoms with E-state index < -0.39 is 12.0 Å². The van der Waals surface area contributed by atoms with Gasteiger partial charge in [0.05, 0.1) is 12.2 Å². The quantitative estimate of drug-likeness (QED) is 0.653. The average Bonchev–Trinajstić information content (AvgIpc) is 2.16. The number of amides is 1. The number of aliphatic hydroxyl groups is 1. The summed E-state index contributed by atoms with van der Waals surface area (Å²) in [6.45, 7) is 5.63. The summed E-state index contributed by atoms with van der Waals surface area (Å²) in [6, 6.07) is 0. The van der Waals surface area contributed by atoms with Crippen molar-refractivity contribution >= 4 is 5.91 Å². The summed E-state index contributed by atoms with van der Waals surface area (Å²) in [7, 11) is 0. The van der Waals surface area contributed by atoms with E-state index in [0.717, 1.165) is 6.54 Å². The summed E-state index contributed by atoms with van der Waals surface area (Å²) >= 11 is 0. The minimum Gasteiger partial charge on any atom is -0.392 e. The molecule has 5 heteroatoms. The molecule has 1 heterocycles. The first-order valence-electron chi connectivity index (χ1n) is 5.38. The highest BCUT2D eigenvalue weighted by molar-refractivity contribution is 5.79. The Hall–Kier alpha value is -0.650. The molecule has 1 saturated heterocycles. The normalized spacial score (nSPS) is 30.1. The Kier molecular flexibility index (Phi) is 4.50. The first kappa shape index (κ1) is 12.4. The number of nitrogens with two attached hydrogens (primary N) is 1. The summed E-state index contributed by atoms with van der Waals surface area (Å²) < 4.78 is 5.40. The highest BCUT2D eigenvalue weighted by atomic mass is 16.5. The SMILES string of the molecule is CCC(O)CN1CC(C(N)=O)O[C@H](C)C1. The molecular formula is C10H20N2O3. The number of ether oxygens (including phenoxy) is 1. The number of hydrogen-bond acceptors (Lipinski definition) is 4. The smallest absolute Gasteiger partial charge is 0.247 e. The minimum absolute atomic E-state index is 0.0136. The maximum atomic E-state index is 11.0. The second-order valence-electron chi connectivity index (χ2n) is 4.12. The van der Waals surface area contributed by atoms with E-state index in [0.29, 0.717) is 19.5 Å². The Morgan fingerprint density at radius 1 is 1.67 bits per heavy atom. The van der Waals surface area contributed by atoms with Crippen LogP contribution in [0.2, 0.25) is 0 Å². The van der Waals surface area contributed by atoms with Crippen molar-refractivity contribution in [2.24, 2.45) is 5.73 Å². The van der Waals surface area contributed by atoms with Crippen LogP contribution in [-0.4, -0.2) is 53.9 Å². The summed E-state index contributed by atoms with van der Waals surface area (Å²) in [4.78, 5) is 13.0. The summed E-state index contributed by atoms with van der Waals surface area (Å²) in [5, 5.41) is 9.52. The first-order valence-corrected chi connectivity index (χ1v) is 5.38. The average molecular weight is 216 g/mol. The van der Waals surface area contributed by atoms with Crippen molar-refractivity contribution in [1.82, 2.24) is 4.90 Å². The van der Waals surface area contributed by atoms with Gasteiger partial charge >= 0.3 is 0 Å². The van der Waals surface area contributed by atoms with E-state index >= 15 is 0 Å². The van der Waals surface area contributed by atoms with Crippen molar-refractivity contribution in [3.05, 3.63) is 0 Å². The van der Waals surface area contributed by atoms with Crippen LogP contribution in [0.1, 0.15) is 20.3 Å². The van der Waals surface area contributed by atoms with Crippen LogP contribution >= 0.6 is 0 Å². The van der Waals surface area contributed by atoms with Gasteiger partial charge in [-0.05, 0) is 13.3 Å². The lowest BCUT2D eigenvalue weighted by molar-refractivity contribution is -0.143. The molecule has 0 aromatic carbocycles. The predicted octanol–water partition coefficient (Wildman–Crippen LogP) is -0.668. The molecule has 1 aliphatic rings. The van der Waals surface area contributed by atoms with Crippen molar-refractivity contribution < 1.29 is 14.6 Å². The third-order valence-electron chi connectivity index (χ3n) is 2.59. The molecule has 0 aliphatic carbocycles. The molecule has 1 rings (SSSR count). The monoisotopic (exact) mass is 216 g/mol. The van der Waals surface area contributed by atoms with Gasteiger partial charge < -0.3 is 15.6 Å². The summed E-state index contributed by atoms with van der Waals surface area (Å²) in [5.41, 5.74) is 5.20. The van der Waals surface area contributed by atoms with Gasteiger partial charge in [0.15, 0.2) is 0 Å². The number of aliphatic hydroxyl groups excluding tert-OH is 1. The van der Waals surface area contributed by atoms with Gasteiger partial charge in [0, 0.05) is 19.6 Å². The van der Waals surface area contributed by atoms with Gasteiger partial charge in [0.2, 0.25) is 5.91 Å². The summed E-state index contributed by atoms with van der Waals surface area (Å²) in [5.74, 6) is -0.433. The van der Waals surface area contributed by atoms with E-state index in [-0.39, 0.29) is 12.2 Å². The molecule has 0 spiro atoms. The molecule has 0 aromatic rings. The van der Waals surface area contributed by atoms with Crippen LogP contribution in [0.4, 0.5) is 0 Å². The molecule has 88 valence electrons. The van der Waals surface area contributed by atoms with Crippen molar-refractivity contribution in [3.63, 3.8) is 0 Å². The van der Waals surface area contributed by atoms with Crippen molar-refractivity contribution in [1.29, 1.82) is 0 Å². The molecule has 0 saturated carbocycles. The molecule has 1 fully saturated rings. The molecular weight excluding hydrogens is 196 g/mol. The second kappa shape index (κ2) is 5.44. The van der Waals surface area contributed by atoms with E-state index in [1.807, 2.05) is 18.7 Å². The van der Waals surface area contributed by atoms with Crippen LogP contribution in [0.3, 0.4) is 0 Å². The van der Waals surface area contributed by atoms with Gasteiger partial charge in [-0.25, -0.2) is 0 Å². The fraction of sp³-hybridized carbons (Fsp3) is 0.900. The third kappa shape index (κ3) is 3.77. The van der Waals surface area contributed by atoms with E-state index in [4.69, 9.17) is 10.5 Å². The number of rotatable bonds is 4. The molecule has 5 nitrogen and oxygen atoms in total. The Labute approximate surface area is 90.2 Å². The van der Waals surface area contributed by atoms with Crippen LogP contribution < -0.4 is 5.73 Å². The highest BCUT2D eigenvalue weighted by Gasteiger charge is 2.29. The third-order valence-corrected chi connectivity index (χ3v) is 2.59. The van der Waals surface area contributed by atoms with Gasteiger partial charge in [-0.3, -0.25) is 9.69 Å². The van der Waals surface area contributed by atoms with Crippen LogP contribution in [0.5, 0.6) is 0 Å². The lowest BCUT2D eigenvalue weighted by atomic mass is 10.2. The lowest BCUT2D eigenvalue weighted by Crippen LogP contribution is -2.53. The number of morpholine rings is 1. The number of nitrogens with zero attached hydrogens (tertiary/aromatic N) is 1. The van der Waals surface area contributed by atoms with E-state index in [1.54, 1.807) is 0 Å². The zero-order chi connectivity index (χ0) is 11.4. The first-order chi connectivity index (χ1) is 7.02. The zero-order valence-corrected chi connectivity index (χ0v) is 9.35. The van der Waals surface area contributed by atoms with E-state index in [9.17, 15) is 9.90 Å². The Balaban J connectivity index is 2.48. The van der Waals surface area contributed by atoms with Crippen LogP contribution in [-0.2, 0) is 9.53 Å². The summed E-state index contributed by atoms with van der Waals surface area (Å²) in [6.07, 6.45) is -0.186. The molecule has 1 amide bonds. The molecule has 0 aromatic heterocycles. The van der Waals surface area contributed by atoms with Gasteiger partial charge in [0.25, 0.3) is 0 Å². The Morgan fingerprint density at radius 2 is 2.33 bits per heavy atom. The molecule has 1 aliphatic heterocycles. The van der Waals surface area contributed by atoms with Crippen molar-refractivity contribution in [2.75, 3.05) is 19.6 Å². The molecule has 0 bridgehead atoms. The number of β-amino-alcohol motifs (C(OH)–C–C–N with tert-alkyl or cyclic N) is 1. The van der Waals surface area contributed by atoms with E-state index in [1.165, 1.54) is 0 Å². The van der Waals surface area contributed by atoms with Crippen LogP contribution in [0, 0.1) is 0 Å². The van der Waals surface area contributed by atoms with Crippen LogP contribution in [0.15, 0.2) is 0 Å². The van der Waals surface area contributed by atoms with Crippen LogP contribution in [0.25, 0.3) is 0 Å². The fourth-order valence-corrected chi connectivity index (χ4v) is 1.77. The zero-order valence-electron chi connectivity index (χ0n) is 9.35. The van der Waals surface area contributed by atoms with Crippen molar-refractivity contribution in [2.45, 2.75) is 38.6 Å². The number of hydrogen-bond donors (Lipinski definition) is 2. The molecule has 2 unspecified atom stereocenters. The fourth-order valence-electron chi connectivity index (χ4n) is 1.77. The topological polar surface area (TPSA) is 75.8 Å².